The summed E-state index contributed by atoms with van der Waals surface area (Å²) in [5.74, 6) is 1.46. The number of aromatic nitrogens is 4. The van der Waals surface area contributed by atoms with Crippen LogP contribution in [0.25, 0.3) is 10.2 Å². The third kappa shape index (κ3) is 2.23. The van der Waals surface area contributed by atoms with Crippen LogP contribution in [-0.2, 0) is 19.4 Å². The second kappa shape index (κ2) is 5.37. The second-order valence-electron chi connectivity index (χ2n) is 6.59. The lowest BCUT2D eigenvalue weighted by Crippen LogP contribution is -2.50. The number of fused-ring (bicyclic) bond motifs is 2. The quantitative estimate of drug-likeness (QED) is 0.729. The van der Waals surface area contributed by atoms with Crippen LogP contribution in [0.1, 0.15) is 17.7 Å². The van der Waals surface area contributed by atoms with Gasteiger partial charge in [0.25, 0.3) is 5.56 Å². The molecule has 1 aliphatic carbocycles. The average molecular weight is 339 g/mol. The first-order chi connectivity index (χ1) is 11.8. The number of thiophene rings is 1. The third-order valence-corrected chi connectivity index (χ3v) is 5.84. The summed E-state index contributed by atoms with van der Waals surface area (Å²) in [5, 5.41) is 6.63. The van der Waals surface area contributed by atoms with E-state index in [4.69, 9.17) is 0 Å². The van der Waals surface area contributed by atoms with Gasteiger partial charge in [-0.25, -0.2) is 14.6 Å². The van der Waals surface area contributed by atoms with Crippen LogP contribution >= 0.6 is 11.3 Å². The van der Waals surface area contributed by atoms with Crippen molar-refractivity contribution < 1.29 is 0 Å². The van der Waals surface area contributed by atoms with Gasteiger partial charge in [-0.05, 0) is 36.3 Å². The van der Waals surface area contributed by atoms with Gasteiger partial charge in [0, 0.05) is 25.1 Å². The molecule has 2 aliphatic rings. The zero-order chi connectivity index (χ0) is 16.1. The molecule has 0 unspecified atom stereocenters. The normalized spacial score (nSPS) is 17.2. The Bertz CT molecular complexity index is 973. The molecule has 24 heavy (non-hydrogen) atoms. The number of rotatable bonds is 3. The summed E-state index contributed by atoms with van der Waals surface area (Å²) in [5.41, 5.74) is 3.30. The molecule has 0 spiro atoms. The van der Waals surface area contributed by atoms with E-state index in [1.807, 2.05) is 11.4 Å². The molecule has 4 heterocycles. The molecule has 7 heteroatoms. The van der Waals surface area contributed by atoms with E-state index >= 15 is 0 Å². The molecular weight excluding hydrogens is 322 g/mol. The highest BCUT2D eigenvalue weighted by Gasteiger charge is 2.30. The summed E-state index contributed by atoms with van der Waals surface area (Å²) in [7, 11) is 0. The predicted octanol–water partition coefficient (Wildman–Crippen LogP) is 1.87. The maximum absolute atomic E-state index is 12.2. The summed E-state index contributed by atoms with van der Waals surface area (Å²) in [6, 6.07) is 3.81. The molecule has 1 saturated heterocycles. The van der Waals surface area contributed by atoms with Crippen molar-refractivity contribution >= 4 is 27.4 Å². The van der Waals surface area contributed by atoms with E-state index in [1.165, 1.54) is 0 Å². The molecule has 0 amide bonds. The van der Waals surface area contributed by atoms with E-state index < -0.39 is 0 Å². The standard InChI is InChI=1S/C17H17N5OS/c23-15-6-12-2-1-3-13(12)20-22(15)9-11-7-21(8-11)17-16-14(4-5-24-16)18-10-19-17/h4-6,10-11H,1-3,7-9H2. The second-order valence-corrected chi connectivity index (χ2v) is 7.51. The minimum Gasteiger partial charge on any atom is -0.354 e. The zero-order valence-electron chi connectivity index (χ0n) is 13.2. The van der Waals surface area contributed by atoms with E-state index in [-0.39, 0.29) is 5.56 Å². The molecule has 0 N–H and O–H groups in total. The molecule has 5 rings (SSSR count). The minimum atomic E-state index is 0.0387. The highest BCUT2D eigenvalue weighted by molar-refractivity contribution is 7.17. The van der Waals surface area contributed by atoms with Crippen LogP contribution in [0.4, 0.5) is 5.82 Å². The van der Waals surface area contributed by atoms with Gasteiger partial charge < -0.3 is 4.90 Å². The zero-order valence-corrected chi connectivity index (χ0v) is 14.0. The highest BCUT2D eigenvalue weighted by atomic mass is 32.1. The van der Waals surface area contributed by atoms with E-state index in [1.54, 1.807) is 28.4 Å². The summed E-state index contributed by atoms with van der Waals surface area (Å²) in [6.07, 6.45) is 4.75. The van der Waals surface area contributed by atoms with Crippen LogP contribution in [0.15, 0.2) is 28.6 Å². The largest absolute Gasteiger partial charge is 0.354 e. The molecule has 0 saturated carbocycles. The Morgan fingerprint density at radius 2 is 2.17 bits per heavy atom. The van der Waals surface area contributed by atoms with Gasteiger partial charge in [0.15, 0.2) is 0 Å². The number of anilines is 1. The van der Waals surface area contributed by atoms with Crippen molar-refractivity contribution in [2.75, 3.05) is 18.0 Å². The van der Waals surface area contributed by atoms with Gasteiger partial charge in [-0.3, -0.25) is 4.79 Å². The van der Waals surface area contributed by atoms with E-state index in [0.717, 1.165) is 59.6 Å². The molecule has 0 aromatic carbocycles. The maximum Gasteiger partial charge on any atom is 0.267 e. The van der Waals surface area contributed by atoms with E-state index in [0.29, 0.717) is 12.5 Å². The van der Waals surface area contributed by atoms with Gasteiger partial charge in [0.05, 0.1) is 22.5 Å². The van der Waals surface area contributed by atoms with Gasteiger partial charge in [-0.15, -0.1) is 11.3 Å². The minimum absolute atomic E-state index is 0.0387. The van der Waals surface area contributed by atoms with Gasteiger partial charge in [-0.2, -0.15) is 5.10 Å². The number of aryl methyl sites for hydroxylation is 2. The van der Waals surface area contributed by atoms with Gasteiger partial charge in [-0.1, -0.05) is 0 Å². The molecule has 0 radical (unpaired) electrons. The van der Waals surface area contributed by atoms with E-state index in [2.05, 4.69) is 20.0 Å². The van der Waals surface area contributed by atoms with Crippen LogP contribution in [-0.4, -0.2) is 32.8 Å². The van der Waals surface area contributed by atoms with Crippen LogP contribution < -0.4 is 10.5 Å². The van der Waals surface area contributed by atoms with Crippen molar-refractivity contribution in [2.45, 2.75) is 25.8 Å². The monoisotopic (exact) mass is 339 g/mol. The fourth-order valence-electron chi connectivity index (χ4n) is 3.67. The summed E-state index contributed by atoms with van der Waals surface area (Å²) in [4.78, 5) is 23.2. The average Bonchev–Trinajstić information content (AvgIpc) is 3.18. The molecule has 6 nitrogen and oxygen atoms in total. The fraction of sp³-hybridized carbons (Fsp3) is 0.412. The smallest absolute Gasteiger partial charge is 0.267 e. The first-order valence-corrected chi connectivity index (χ1v) is 9.19. The van der Waals surface area contributed by atoms with Crippen molar-refractivity contribution in [3.8, 4) is 0 Å². The van der Waals surface area contributed by atoms with Gasteiger partial charge in [0.1, 0.15) is 12.1 Å². The van der Waals surface area contributed by atoms with Crippen molar-refractivity contribution in [3.05, 3.63) is 45.5 Å². The fourth-order valence-corrected chi connectivity index (χ4v) is 4.54. The number of hydrogen-bond donors (Lipinski definition) is 0. The van der Waals surface area contributed by atoms with Crippen LogP contribution in [0, 0.1) is 5.92 Å². The molecular formula is C17H17N5OS. The Morgan fingerprint density at radius 3 is 3.08 bits per heavy atom. The maximum atomic E-state index is 12.2. The van der Waals surface area contributed by atoms with Crippen molar-refractivity contribution in [2.24, 2.45) is 5.92 Å². The lowest BCUT2D eigenvalue weighted by atomic mass is 10.0. The van der Waals surface area contributed by atoms with Crippen molar-refractivity contribution in [1.29, 1.82) is 0 Å². The topological polar surface area (TPSA) is 63.9 Å². The molecule has 3 aromatic rings. The summed E-state index contributed by atoms with van der Waals surface area (Å²) >= 11 is 1.68. The highest BCUT2D eigenvalue weighted by Crippen LogP contribution is 2.32. The lowest BCUT2D eigenvalue weighted by molar-refractivity contribution is 0.332. The lowest BCUT2D eigenvalue weighted by Gasteiger charge is -2.40. The molecule has 3 aromatic heterocycles. The number of hydrogen-bond acceptors (Lipinski definition) is 6. The molecule has 1 aliphatic heterocycles. The van der Waals surface area contributed by atoms with Crippen molar-refractivity contribution in [1.82, 2.24) is 19.7 Å². The Hall–Kier alpha value is -2.28. The first kappa shape index (κ1) is 14.1. The molecule has 0 atom stereocenters. The molecule has 1 fully saturated rings. The Kier molecular flexibility index (Phi) is 3.16. The van der Waals surface area contributed by atoms with Gasteiger partial charge in [0.2, 0.25) is 0 Å². The number of nitrogens with zero attached hydrogens (tertiary/aromatic N) is 5. The first-order valence-electron chi connectivity index (χ1n) is 8.31. The Labute approximate surface area is 142 Å². The predicted molar refractivity (Wildman–Crippen MR) is 93.6 cm³/mol. The molecule has 122 valence electrons. The van der Waals surface area contributed by atoms with Crippen molar-refractivity contribution in [3.63, 3.8) is 0 Å². The van der Waals surface area contributed by atoms with Crippen LogP contribution in [0.2, 0.25) is 0 Å². The Morgan fingerprint density at radius 1 is 1.25 bits per heavy atom. The summed E-state index contributed by atoms with van der Waals surface area (Å²) in [6.45, 7) is 2.52. The van der Waals surface area contributed by atoms with Crippen LogP contribution in [0.3, 0.4) is 0 Å². The molecule has 0 bridgehead atoms. The Balaban J connectivity index is 1.32. The SMILES string of the molecule is O=c1cc2c(nn1CC1CN(c3ncnc4ccsc34)C1)CCC2. The van der Waals surface area contributed by atoms with Crippen LogP contribution in [0.5, 0.6) is 0 Å². The van der Waals surface area contributed by atoms with E-state index in [9.17, 15) is 4.79 Å². The summed E-state index contributed by atoms with van der Waals surface area (Å²) < 4.78 is 2.80. The third-order valence-electron chi connectivity index (χ3n) is 4.94. The van der Waals surface area contributed by atoms with Gasteiger partial charge >= 0.3 is 0 Å².